The minimum atomic E-state index is -1.28. The van der Waals surface area contributed by atoms with Crippen LogP contribution in [0.4, 0.5) is 4.39 Å². The predicted molar refractivity (Wildman–Crippen MR) is 139 cm³/mol. The number of ether oxygens (including phenoxy) is 4. The standard InChI is InChI=1S/C25H28ClFN4O8S/c1-11(32)28-20-22(38-14(4)35)21(37-13(3)34)19(10-36-12(2)33)39-24(20)31-25(40)30(16-6-7-16)23(29-31)15-5-8-18(27)17(26)9-15/h5,8-9,16,19-22,24H,6-7,10H2,1-4H3,(H,28,32)/t19-,20-,21-,22-,24-/m1/s1. The van der Waals surface area contributed by atoms with Crippen LogP contribution in [0.5, 0.6) is 0 Å². The van der Waals surface area contributed by atoms with E-state index < -0.39 is 60.2 Å². The topological polar surface area (TPSA) is 140 Å². The summed E-state index contributed by atoms with van der Waals surface area (Å²) in [7, 11) is 0. The van der Waals surface area contributed by atoms with E-state index >= 15 is 0 Å². The fraction of sp³-hybridized carbons (Fsp3) is 0.520. The molecule has 1 saturated heterocycles. The third-order valence-corrected chi connectivity index (χ3v) is 6.93. The first kappa shape index (κ1) is 29.6. The average Bonchev–Trinajstić information content (AvgIpc) is 3.63. The number of nitrogens with one attached hydrogen (secondary N) is 1. The third kappa shape index (κ3) is 6.50. The van der Waals surface area contributed by atoms with Gasteiger partial charge in [-0.2, -0.15) is 0 Å². The fourth-order valence-corrected chi connectivity index (χ4v) is 5.13. The quantitative estimate of drug-likeness (QED) is 0.274. The lowest BCUT2D eigenvalue weighted by molar-refractivity contribution is -0.239. The maximum Gasteiger partial charge on any atom is 0.303 e. The van der Waals surface area contributed by atoms with E-state index in [-0.39, 0.29) is 22.4 Å². The summed E-state index contributed by atoms with van der Waals surface area (Å²) in [5.41, 5.74) is 0.487. The minimum absolute atomic E-state index is 0.0118. The molecule has 40 heavy (non-hydrogen) atoms. The van der Waals surface area contributed by atoms with Gasteiger partial charge in [0.25, 0.3) is 0 Å². The van der Waals surface area contributed by atoms with Crippen LogP contribution in [0.2, 0.25) is 5.02 Å². The molecule has 0 spiro atoms. The maximum atomic E-state index is 13.9. The number of benzene rings is 1. The van der Waals surface area contributed by atoms with E-state index in [1.165, 1.54) is 36.7 Å². The second-order valence-electron chi connectivity index (χ2n) is 9.52. The lowest BCUT2D eigenvalue weighted by Crippen LogP contribution is -2.64. The summed E-state index contributed by atoms with van der Waals surface area (Å²) in [4.78, 5) is 48.1. The molecule has 0 radical (unpaired) electrons. The first-order valence-electron chi connectivity index (χ1n) is 12.4. The van der Waals surface area contributed by atoms with Gasteiger partial charge in [-0.1, -0.05) is 11.6 Å². The van der Waals surface area contributed by atoms with Gasteiger partial charge in [-0.05, 0) is 43.3 Å². The SMILES string of the molecule is CC(=O)N[C@@H]1[C@@H](OC(C)=O)[C@H](OC(C)=O)[C@@H](COC(C)=O)O[C@H]1n1nc(-c2ccc(F)c(Cl)c2)n(C2CC2)c1=S. The highest BCUT2D eigenvalue weighted by Crippen LogP contribution is 2.41. The summed E-state index contributed by atoms with van der Waals surface area (Å²) in [5.74, 6) is -2.80. The highest BCUT2D eigenvalue weighted by atomic mass is 35.5. The van der Waals surface area contributed by atoms with Crippen LogP contribution in [0, 0.1) is 10.6 Å². The number of carbonyl (C=O) groups is 4. The minimum Gasteiger partial charge on any atom is -0.463 e. The van der Waals surface area contributed by atoms with Crippen LogP contribution >= 0.6 is 23.8 Å². The Balaban J connectivity index is 1.87. The summed E-state index contributed by atoms with van der Waals surface area (Å²) in [6, 6.07) is 3.02. The van der Waals surface area contributed by atoms with Crippen molar-refractivity contribution >= 4 is 47.6 Å². The van der Waals surface area contributed by atoms with Crippen LogP contribution in [0.3, 0.4) is 0 Å². The van der Waals surface area contributed by atoms with Crippen molar-refractivity contribution in [2.24, 2.45) is 0 Å². The van der Waals surface area contributed by atoms with Crippen LogP contribution in [0.1, 0.15) is 52.8 Å². The van der Waals surface area contributed by atoms with Crippen LogP contribution in [0.25, 0.3) is 11.4 Å². The zero-order chi connectivity index (χ0) is 29.3. The van der Waals surface area contributed by atoms with Crippen molar-refractivity contribution < 1.29 is 42.5 Å². The van der Waals surface area contributed by atoms with Crippen molar-refractivity contribution in [3.8, 4) is 11.4 Å². The molecule has 0 bridgehead atoms. The Morgan fingerprint density at radius 2 is 1.75 bits per heavy atom. The van der Waals surface area contributed by atoms with Crippen LogP contribution < -0.4 is 5.32 Å². The molecule has 1 aromatic heterocycles. The summed E-state index contributed by atoms with van der Waals surface area (Å²) >= 11 is 11.8. The molecule has 15 heteroatoms. The van der Waals surface area contributed by atoms with Gasteiger partial charge in [0.05, 0.1) is 5.02 Å². The first-order chi connectivity index (χ1) is 18.9. The first-order valence-corrected chi connectivity index (χ1v) is 13.2. The smallest absolute Gasteiger partial charge is 0.303 e. The van der Waals surface area contributed by atoms with E-state index in [0.29, 0.717) is 11.4 Å². The van der Waals surface area contributed by atoms with Gasteiger partial charge in [-0.15, -0.1) is 5.10 Å². The van der Waals surface area contributed by atoms with E-state index in [0.717, 1.165) is 26.7 Å². The number of esters is 3. The highest BCUT2D eigenvalue weighted by molar-refractivity contribution is 7.71. The molecule has 1 N–H and O–H groups in total. The summed E-state index contributed by atoms with van der Waals surface area (Å²) in [6.45, 7) is 4.39. The number of amides is 1. The molecule has 2 aliphatic rings. The van der Waals surface area contributed by atoms with Crippen molar-refractivity contribution in [1.82, 2.24) is 19.7 Å². The second kappa shape index (κ2) is 12.0. The predicted octanol–water partition coefficient (Wildman–Crippen LogP) is 3.04. The number of aromatic nitrogens is 3. The molecule has 1 aromatic carbocycles. The molecule has 2 heterocycles. The molecule has 12 nitrogen and oxygen atoms in total. The molecule has 2 fully saturated rings. The van der Waals surface area contributed by atoms with Gasteiger partial charge in [-0.3, -0.25) is 23.7 Å². The number of hydrogen-bond donors (Lipinski definition) is 1. The van der Waals surface area contributed by atoms with Crippen LogP contribution in [-0.2, 0) is 38.1 Å². The van der Waals surface area contributed by atoms with Crippen molar-refractivity contribution in [2.75, 3.05) is 6.61 Å². The van der Waals surface area contributed by atoms with E-state index in [2.05, 4.69) is 10.4 Å². The lowest BCUT2D eigenvalue weighted by Gasteiger charge is -2.45. The molecule has 216 valence electrons. The van der Waals surface area contributed by atoms with Gasteiger partial charge in [0.1, 0.15) is 24.6 Å². The van der Waals surface area contributed by atoms with Gasteiger partial charge in [-0.25, -0.2) is 9.07 Å². The molecule has 5 atom stereocenters. The largest absolute Gasteiger partial charge is 0.463 e. The van der Waals surface area contributed by atoms with Crippen molar-refractivity contribution in [1.29, 1.82) is 0 Å². The molecule has 1 aliphatic heterocycles. The number of halogens is 2. The Morgan fingerprint density at radius 1 is 1.10 bits per heavy atom. The van der Waals surface area contributed by atoms with E-state index in [4.69, 9.17) is 42.8 Å². The van der Waals surface area contributed by atoms with Gasteiger partial charge in [0.2, 0.25) is 10.7 Å². The Hall–Kier alpha value is -3.36. The fourth-order valence-electron chi connectivity index (χ4n) is 4.57. The van der Waals surface area contributed by atoms with E-state index in [9.17, 15) is 23.6 Å². The summed E-state index contributed by atoms with van der Waals surface area (Å²) in [6.07, 6.45) is -3.23. The molecule has 1 amide bonds. The van der Waals surface area contributed by atoms with Gasteiger partial charge >= 0.3 is 17.9 Å². The van der Waals surface area contributed by atoms with Gasteiger partial charge < -0.3 is 24.3 Å². The van der Waals surface area contributed by atoms with Gasteiger partial charge in [0.15, 0.2) is 24.3 Å². The lowest BCUT2D eigenvalue weighted by atomic mass is 9.95. The second-order valence-corrected chi connectivity index (χ2v) is 10.3. The van der Waals surface area contributed by atoms with Crippen molar-refractivity contribution in [3.05, 3.63) is 33.8 Å². The highest BCUT2D eigenvalue weighted by Gasteiger charge is 2.52. The Morgan fingerprint density at radius 3 is 2.30 bits per heavy atom. The zero-order valence-electron chi connectivity index (χ0n) is 22.1. The number of nitrogens with zero attached hydrogens (tertiary/aromatic N) is 3. The summed E-state index contributed by atoms with van der Waals surface area (Å²) < 4.78 is 39.7. The monoisotopic (exact) mass is 598 g/mol. The molecule has 1 saturated carbocycles. The Bertz CT molecular complexity index is 1390. The molecule has 1 aliphatic carbocycles. The Kier molecular flexibility index (Phi) is 8.90. The summed E-state index contributed by atoms with van der Waals surface area (Å²) in [5, 5.41) is 7.28. The molecule has 2 aromatic rings. The van der Waals surface area contributed by atoms with Gasteiger partial charge in [0, 0.05) is 39.3 Å². The number of rotatable bonds is 8. The maximum absolute atomic E-state index is 13.9. The molecular weight excluding hydrogens is 571 g/mol. The zero-order valence-corrected chi connectivity index (χ0v) is 23.7. The number of hydrogen-bond acceptors (Lipinski definition) is 10. The molecule has 4 rings (SSSR count). The third-order valence-electron chi connectivity index (χ3n) is 6.25. The average molecular weight is 599 g/mol. The molecule has 0 unspecified atom stereocenters. The van der Waals surface area contributed by atoms with Crippen LogP contribution in [-0.4, -0.2) is 69.1 Å². The number of carbonyl (C=O) groups excluding carboxylic acids is 4. The van der Waals surface area contributed by atoms with Crippen LogP contribution in [0.15, 0.2) is 18.2 Å². The molecular formula is C25H28ClFN4O8S. The Labute approximate surface area is 238 Å². The normalized spacial score (nSPS) is 24.2. The van der Waals surface area contributed by atoms with E-state index in [1.807, 2.05) is 0 Å². The van der Waals surface area contributed by atoms with Crippen molar-refractivity contribution in [3.63, 3.8) is 0 Å². The van der Waals surface area contributed by atoms with Crippen molar-refractivity contribution in [2.45, 2.75) is 77.2 Å². The van der Waals surface area contributed by atoms with E-state index in [1.54, 1.807) is 4.57 Å².